The van der Waals surface area contributed by atoms with E-state index in [0.717, 1.165) is 18.4 Å². The van der Waals surface area contributed by atoms with Gasteiger partial charge in [0.05, 0.1) is 29.9 Å². The minimum Gasteiger partial charge on any atom is -0.490 e. The summed E-state index contributed by atoms with van der Waals surface area (Å²) in [5, 5.41) is 6.52. The van der Waals surface area contributed by atoms with E-state index in [-0.39, 0.29) is 35.8 Å². The summed E-state index contributed by atoms with van der Waals surface area (Å²) in [5.74, 6) is 1.03. The first-order valence-electron chi connectivity index (χ1n) is 10.2. The van der Waals surface area contributed by atoms with Gasteiger partial charge in [0.1, 0.15) is 0 Å². The monoisotopic (exact) mass is 503 g/mol. The van der Waals surface area contributed by atoms with E-state index in [1.807, 2.05) is 19.9 Å². The minimum absolute atomic E-state index is 0.0132. The lowest BCUT2D eigenvalue weighted by Crippen LogP contribution is -2.24. The highest BCUT2D eigenvalue weighted by atomic mass is 79.9. The zero-order valence-corrected chi connectivity index (χ0v) is 19.0. The van der Waals surface area contributed by atoms with Crippen molar-refractivity contribution in [1.82, 2.24) is 15.1 Å². The van der Waals surface area contributed by atoms with Crippen molar-refractivity contribution in [2.24, 2.45) is 0 Å². The van der Waals surface area contributed by atoms with Crippen molar-refractivity contribution in [1.29, 1.82) is 0 Å². The molecule has 0 unspecified atom stereocenters. The Kier molecular flexibility index (Phi) is 7.51. The number of nitrogens with zero attached hydrogens (tertiary/aromatic N) is 2. The van der Waals surface area contributed by atoms with Gasteiger partial charge in [-0.25, -0.2) is 0 Å². The van der Waals surface area contributed by atoms with Crippen LogP contribution in [0.2, 0.25) is 0 Å². The third-order valence-electron chi connectivity index (χ3n) is 4.81. The minimum atomic E-state index is -4.54. The molecule has 0 bridgehead atoms. The standard InChI is InChI=1S/C21H25BrF3N3O3/c1-3-30-15-8-5-13(11-16(15)31-4-2)12-26-17(29)9-10-28-19(14-6-7-14)18(22)20(27-28)21(23,24)25/h5,8,11,14H,3-4,6-7,9-10,12H2,1-2H3,(H,26,29). The fourth-order valence-electron chi connectivity index (χ4n) is 3.25. The molecule has 1 aliphatic carbocycles. The first kappa shape index (κ1) is 23.4. The number of nitrogens with one attached hydrogen (secondary N) is 1. The second-order valence-electron chi connectivity index (χ2n) is 7.22. The third kappa shape index (κ3) is 5.93. The van der Waals surface area contributed by atoms with Crippen LogP contribution < -0.4 is 14.8 Å². The van der Waals surface area contributed by atoms with Crippen LogP contribution in [0.3, 0.4) is 0 Å². The number of hydrogen-bond acceptors (Lipinski definition) is 4. The van der Waals surface area contributed by atoms with Gasteiger partial charge in [0.25, 0.3) is 0 Å². The normalized spacial score (nSPS) is 13.9. The van der Waals surface area contributed by atoms with Gasteiger partial charge in [0, 0.05) is 18.9 Å². The Balaban J connectivity index is 1.61. The molecule has 3 rings (SSSR count). The first-order valence-corrected chi connectivity index (χ1v) is 11.0. The van der Waals surface area contributed by atoms with Crippen molar-refractivity contribution >= 4 is 21.8 Å². The fourth-order valence-corrected chi connectivity index (χ4v) is 4.09. The molecule has 0 atom stereocenters. The molecular formula is C21H25BrF3N3O3. The Morgan fingerprint density at radius 1 is 1.23 bits per heavy atom. The molecule has 1 aromatic carbocycles. The lowest BCUT2D eigenvalue weighted by atomic mass is 10.2. The number of carbonyl (C=O) groups is 1. The van der Waals surface area contributed by atoms with E-state index in [1.54, 1.807) is 12.1 Å². The molecule has 1 saturated carbocycles. The van der Waals surface area contributed by atoms with Gasteiger partial charge in [-0.3, -0.25) is 9.48 Å². The summed E-state index contributed by atoms with van der Waals surface area (Å²) in [5.41, 5.74) is 0.417. The van der Waals surface area contributed by atoms with Gasteiger partial charge in [0.15, 0.2) is 17.2 Å². The molecule has 1 aromatic heterocycles. The maximum absolute atomic E-state index is 13.2. The van der Waals surface area contributed by atoms with Crippen molar-refractivity contribution in [3.05, 3.63) is 39.6 Å². The number of ether oxygens (including phenoxy) is 2. The summed E-state index contributed by atoms with van der Waals surface area (Å²) < 4.78 is 52.0. The van der Waals surface area contributed by atoms with Crippen molar-refractivity contribution in [3.8, 4) is 11.5 Å². The third-order valence-corrected chi connectivity index (χ3v) is 5.59. The van der Waals surface area contributed by atoms with Crippen LogP contribution in [-0.2, 0) is 24.1 Å². The van der Waals surface area contributed by atoms with Crippen LogP contribution in [0.5, 0.6) is 11.5 Å². The molecule has 1 fully saturated rings. The molecule has 6 nitrogen and oxygen atoms in total. The van der Waals surface area contributed by atoms with Gasteiger partial charge in [-0.1, -0.05) is 6.07 Å². The first-order chi connectivity index (χ1) is 14.7. The average Bonchev–Trinajstić information content (AvgIpc) is 3.48. The average molecular weight is 504 g/mol. The topological polar surface area (TPSA) is 65.4 Å². The summed E-state index contributed by atoms with van der Waals surface area (Å²) in [6.45, 7) is 5.11. The van der Waals surface area contributed by atoms with E-state index < -0.39 is 11.9 Å². The molecule has 0 saturated heterocycles. The van der Waals surface area contributed by atoms with E-state index in [9.17, 15) is 18.0 Å². The molecule has 1 aliphatic rings. The lowest BCUT2D eigenvalue weighted by Gasteiger charge is -2.13. The summed E-state index contributed by atoms with van der Waals surface area (Å²) in [6, 6.07) is 5.43. The van der Waals surface area contributed by atoms with Crippen LogP contribution in [0.1, 0.15) is 56.0 Å². The van der Waals surface area contributed by atoms with Gasteiger partial charge in [-0.2, -0.15) is 18.3 Å². The SMILES string of the molecule is CCOc1ccc(CNC(=O)CCn2nc(C(F)(F)F)c(Br)c2C2CC2)cc1OCC. The van der Waals surface area contributed by atoms with Crippen molar-refractivity contribution in [2.45, 2.75) is 58.3 Å². The van der Waals surface area contributed by atoms with Gasteiger partial charge in [0.2, 0.25) is 5.91 Å². The van der Waals surface area contributed by atoms with Crippen LogP contribution in [-0.4, -0.2) is 28.9 Å². The Labute approximate surface area is 187 Å². The number of aryl methyl sites for hydroxylation is 1. The molecule has 1 heterocycles. The number of alkyl halides is 3. The van der Waals surface area contributed by atoms with Crippen LogP contribution in [0, 0.1) is 0 Å². The number of halogens is 4. The van der Waals surface area contributed by atoms with Crippen molar-refractivity contribution in [3.63, 3.8) is 0 Å². The van der Waals surface area contributed by atoms with E-state index in [0.29, 0.717) is 30.4 Å². The van der Waals surface area contributed by atoms with Gasteiger partial charge in [-0.15, -0.1) is 0 Å². The van der Waals surface area contributed by atoms with Crippen molar-refractivity contribution in [2.75, 3.05) is 13.2 Å². The molecule has 2 aromatic rings. The summed E-state index contributed by atoms with van der Waals surface area (Å²) in [7, 11) is 0. The van der Waals surface area contributed by atoms with Crippen LogP contribution in [0.15, 0.2) is 22.7 Å². The second-order valence-corrected chi connectivity index (χ2v) is 8.01. The van der Waals surface area contributed by atoms with E-state index >= 15 is 0 Å². The Morgan fingerprint density at radius 2 is 1.90 bits per heavy atom. The molecule has 10 heteroatoms. The second kappa shape index (κ2) is 9.93. The molecule has 0 spiro atoms. The molecule has 1 N–H and O–H groups in total. The fraction of sp³-hybridized carbons (Fsp3) is 0.524. The largest absolute Gasteiger partial charge is 0.490 e. The summed E-state index contributed by atoms with van der Waals surface area (Å²) in [4.78, 5) is 12.3. The Hall–Kier alpha value is -2.23. The van der Waals surface area contributed by atoms with Crippen LogP contribution in [0.4, 0.5) is 13.2 Å². The number of benzene rings is 1. The Morgan fingerprint density at radius 3 is 2.52 bits per heavy atom. The van der Waals surface area contributed by atoms with Gasteiger partial charge in [-0.05, 0) is 60.3 Å². The number of amides is 1. The van der Waals surface area contributed by atoms with Gasteiger partial charge < -0.3 is 14.8 Å². The summed E-state index contributed by atoms with van der Waals surface area (Å²) in [6.07, 6.45) is -2.86. The quantitative estimate of drug-likeness (QED) is 0.492. The zero-order valence-electron chi connectivity index (χ0n) is 17.4. The number of rotatable bonds is 10. The van der Waals surface area contributed by atoms with E-state index in [1.165, 1.54) is 4.68 Å². The van der Waals surface area contributed by atoms with E-state index in [2.05, 4.69) is 26.3 Å². The predicted octanol–water partition coefficient (Wildman–Crippen LogP) is 5.05. The molecule has 0 aliphatic heterocycles. The molecule has 170 valence electrons. The highest BCUT2D eigenvalue weighted by Crippen LogP contribution is 2.47. The number of hydrogen-bond donors (Lipinski definition) is 1. The smallest absolute Gasteiger partial charge is 0.436 e. The summed E-state index contributed by atoms with van der Waals surface area (Å²) >= 11 is 3.06. The molecule has 31 heavy (non-hydrogen) atoms. The van der Waals surface area contributed by atoms with Crippen LogP contribution in [0.25, 0.3) is 0 Å². The van der Waals surface area contributed by atoms with Crippen molar-refractivity contribution < 1.29 is 27.4 Å². The van der Waals surface area contributed by atoms with Crippen LogP contribution >= 0.6 is 15.9 Å². The lowest BCUT2D eigenvalue weighted by molar-refractivity contribution is -0.142. The maximum Gasteiger partial charge on any atom is 0.436 e. The highest BCUT2D eigenvalue weighted by Gasteiger charge is 2.41. The van der Waals surface area contributed by atoms with E-state index in [4.69, 9.17) is 9.47 Å². The maximum atomic E-state index is 13.2. The van der Waals surface area contributed by atoms with Gasteiger partial charge >= 0.3 is 6.18 Å². The molecule has 1 amide bonds. The zero-order chi connectivity index (χ0) is 22.6. The number of carbonyl (C=O) groups excluding carboxylic acids is 1. The highest BCUT2D eigenvalue weighted by molar-refractivity contribution is 9.10. The molecule has 0 radical (unpaired) electrons. The Bertz CT molecular complexity index is 927. The number of aromatic nitrogens is 2. The molecular weight excluding hydrogens is 479 g/mol. The predicted molar refractivity (Wildman–Crippen MR) is 112 cm³/mol.